The standard InChI is InChI=1S/C18H21N3O4/c1-2-3-8-15(22)20-14(16-17(23)21-18(24)25-16)9-11-10-19-13-7-5-4-6-12(11)13/h4-7,10,14,16,19H,2-3,8-9H2,1H3,(H,20,22)(H,21,23,24)/t14-,16?/m0/s1. The molecule has 0 radical (unpaired) electrons. The Labute approximate surface area is 145 Å². The molecule has 2 aromatic rings. The second-order valence-corrected chi connectivity index (χ2v) is 6.16. The van der Waals surface area contributed by atoms with E-state index in [4.69, 9.17) is 4.74 Å². The van der Waals surface area contributed by atoms with Crippen LogP contribution < -0.4 is 10.6 Å². The number of fused-ring (bicyclic) bond motifs is 1. The molecule has 1 fully saturated rings. The van der Waals surface area contributed by atoms with Crippen molar-refractivity contribution >= 4 is 28.8 Å². The van der Waals surface area contributed by atoms with E-state index in [9.17, 15) is 14.4 Å². The number of hydrogen-bond acceptors (Lipinski definition) is 4. The summed E-state index contributed by atoms with van der Waals surface area (Å²) in [5.41, 5.74) is 1.92. The van der Waals surface area contributed by atoms with Gasteiger partial charge in [0.1, 0.15) is 0 Å². The van der Waals surface area contributed by atoms with Gasteiger partial charge in [-0.15, -0.1) is 0 Å². The van der Waals surface area contributed by atoms with Crippen molar-refractivity contribution in [3.8, 4) is 0 Å². The molecule has 0 spiro atoms. The van der Waals surface area contributed by atoms with E-state index in [2.05, 4.69) is 15.6 Å². The van der Waals surface area contributed by atoms with Crippen molar-refractivity contribution in [3.05, 3.63) is 36.0 Å². The van der Waals surface area contributed by atoms with Gasteiger partial charge in [0.25, 0.3) is 5.91 Å². The van der Waals surface area contributed by atoms with Crippen LogP contribution in [0.3, 0.4) is 0 Å². The van der Waals surface area contributed by atoms with Crippen LogP contribution in [0, 0.1) is 0 Å². The molecular formula is C18H21N3O4. The molecule has 0 bridgehead atoms. The number of aromatic amines is 1. The average Bonchev–Trinajstić information content (AvgIpc) is 3.15. The van der Waals surface area contributed by atoms with Crippen molar-refractivity contribution < 1.29 is 19.1 Å². The molecule has 0 aliphatic carbocycles. The summed E-state index contributed by atoms with van der Waals surface area (Å²) in [6.45, 7) is 2.00. The number of nitrogens with one attached hydrogen (secondary N) is 3. The summed E-state index contributed by atoms with van der Waals surface area (Å²) >= 11 is 0. The second kappa shape index (κ2) is 7.38. The van der Waals surface area contributed by atoms with Crippen LogP contribution in [0.5, 0.6) is 0 Å². The van der Waals surface area contributed by atoms with Gasteiger partial charge in [0.2, 0.25) is 12.0 Å². The molecule has 132 valence electrons. The fraction of sp³-hybridized carbons (Fsp3) is 0.389. The average molecular weight is 343 g/mol. The minimum absolute atomic E-state index is 0.151. The number of alkyl carbamates (subject to hydrolysis) is 1. The van der Waals surface area contributed by atoms with E-state index in [1.54, 1.807) is 0 Å². The number of ether oxygens (including phenoxy) is 1. The van der Waals surface area contributed by atoms with Crippen LogP contribution in [-0.4, -0.2) is 35.0 Å². The van der Waals surface area contributed by atoms with Gasteiger partial charge >= 0.3 is 6.09 Å². The van der Waals surface area contributed by atoms with Gasteiger partial charge in [-0.25, -0.2) is 4.79 Å². The predicted molar refractivity (Wildman–Crippen MR) is 91.9 cm³/mol. The summed E-state index contributed by atoms with van der Waals surface area (Å²) in [4.78, 5) is 38.7. The lowest BCUT2D eigenvalue weighted by molar-refractivity contribution is -0.126. The molecule has 1 aliphatic rings. The van der Waals surface area contributed by atoms with Gasteiger partial charge in [0, 0.05) is 23.5 Å². The maximum Gasteiger partial charge on any atom is 0.414 e. The van der Waals surface area contributed by atoms with Crippen molar-refractivity contribution in [2.45, 2.75) is 44.8 Å². The zero-order valence-corrected chi connectivity index (χ0v) is 14.0. The summed E-state index contributed by atoms with van der Waals surface area (Å²) in [5, 5.41) is 5.99. The number of imide groups is 1. The molecule has 1 unspecified atom stereocenters. The fourth-order valence-corrected chi connectivity index (χ4v) is 3.02. The van der Waals surface area contributed by atoms with E-state index in [0.29, 0.717) is 12.8 Å². The molecule has 3 N–H and O–H groups in total. The number of rotatable bonds is 7. The largest absolute Gasteiger partial charge is 0.434 e. The lowest BCUT2D eigenvalue weighted by Gasteiger charge is -2.22. The number of benzene rings is 1. The maximum atomic E-state index is 12.2. The Morgan fingerprint density at radius 3 is 2.84 bits per heavy atom. The molecule has 0 saturated carbocycles. The number of para-hydroxylation sites is 1. The van der Waals surface area contributed by atoms with E-state index >= 15 is 0 Å². The van der Waals surface area contributed by atoms with Gasteiger partial charge in [0.15, 0.2) is 0 Å². The van der Waals surface area contributed by atoms with Crippen molar-refractivity contribution in [2.75, 3.05) is 0 Å². The Morgan fingerprint density at radius 1 is 1.32 bits per heavy atom. The molecule has 2 atom stereocenters. The number of H-pyrrole nitrogens is 1. The summed E-state index contributed by atoms with van der Waals surface area (Å²) in [7, 11) is 0. The molecule has 2 heterocycles. The van der Waals surface area contributed by atoms with Gasteiger partial charge in [-0.05, 0) is 24.5 Å². The van der Waals surface area contributed by atoms with Crippen LogP contribution in [0.25, 0.3) is 10.9 Å². The van der Waals surface area contributed by atoms with E-state index < -0.39 is 24.1 Å². The van der Waals surface area contributed by atoms with Crippen molar-refractivity contribution in [1.82, 2.24) is 15.6 Å². The van der Waals surface area contributed by atoms with Gasteiger partial charge in [-0.1, -0.05) is 31.5 Å². The Morgan fingerprint density at radius 2 is 2.12 bits per heavy atom. The number of cyclic esters (lactones) is 1. The van der Waals surface area contributed by atoms with Crippen molar-refractivity contribution in [3.63, 3.8) is 0 Å². The molecule has 3 amide bonds. The molecule has 7 nitrogen and oxygen atoms in total. The third-order valence-electron chi connectivity index (χ3n) is 4.30. The van der Waals surface area contributed by atoms with E-state index in [1.807, 2.05) is 37.4 Å². The van der Waals surface area contributed by atoms with Crippen LogP contribution in [0.4, 0.5) is 4.79 Å². The summed E-state index contributed by atoms with van der Waals surface area (Å²) in [5.74, 6) is -0.673. The first-order valence-corrected chi connectivity index (χ1v) is 8.44. The third-order valence-corrected chi connectivity index (χ3v) is 4.30. The second-order valence-electron chi connectivity index (χ2n) is 6.16. The lowest BCUT2D eigenvalue weighted by Crippen LogP contribution is -2.48. The van der Waals surface area contributed by atoms with Crippen LogP contribution in [0.1, 0.15) is 31.7 Å². The monoisotopic (exact) mass is 343 g/mol. The third kappa shape index (κ3) is 3.81. The maximum absolute atomic E-state index is 12.2. The molecular weight excluding hydrogens is 322 g/mol. The Bertz CT molecular complexity index is 798. The van der Waals surface area contributed by atoms with Gasteiger partial charge in [-0.3, -0.25) is 14.9 Å². The minimum Gasteiger partial charge on any atom is -0.434 e. The number of amides is 3. The number of unbranched alkanes of at least 4 members (excludes halogenated alkanes) is 1. The zero-order chi connectivity index (χ0) is 17.8. The highest BCUT2D eigenvalue weighted by Gasteiger charge is 2.39. The highest BCUT2D eigenvalue weighted by molar-refractivity contribution is 6.00. The Hall–Kier alpha value is -2.83. The van der Waals surface area contributed by atoms with Crippen LogP contribution in [-0.2, 0) is 20.7 Å². The molecule has 1 aromatic carbocycles. The van der Waals surface area contributed by atoms with Gasteiger partial charge in [0.05, 0.1) is 6.04 Å². The summed E-state index contributed by atoms with van der Waals surface area (Å²) < 4.78 is 5.08. The van der Waals surface area contributed by atoms with E-state index in [-0.39, 0.29) is 5.91 Å². The molecule has 7 heteroatoms. The smallest absolute Gasteiger partial charge is 0.414 e. The first kappa shape index (κ1) is 17.0. The summed E-state index contributed by atoms with van der Waals surface area (Å²) in [6, 6.07) is 7.17. The van der Waals surface area contributed by atoms with Crippen molar-refractivity contribution in [1.29, 1.82) is 0 Å². The normalized spacial score (nSPS) is 18.0. The predicted octanol–water partition coefficient (Wildman–Crippen LogP) is 2.02. The molecule has 1 aromatic heterocycles. The zero-order valence-electron chi connectivity index (χ0n) is 14.0. The lowest BCUT2D eigenvalue weighted by atomic mass is 10.00. The Balaban J connectivity index is 1.81. The Kier molecular flexibility index (Phi) is 5.02. The minimum atomic E-state index is -1.02. The van der Waals surface area contributed by atoms with E-state index in [0.717, 1.165) is 29.3 Å². The van der Waals surface area contributed by atoms with E-state index in [1.165, 1.54) is 0 Å². The molecule has 3 rings (SSSR count). The highest BCUT2D eigenvalue weighted by atomic mass is 16.6. The SMILES string of the molecule is CCCCC(=O)N[C@@H](Cc1c[nH]c2ccccc12)C1OC(=O)NC1=O. The fourth-order valence-electron chi connectivity index (χ4n) is 3.02. The first-order chi connectivity index (χ1) is 12.1. The highest BCUT2D eigenvalue weighted by Crippen LogP contribution is 2.21. The number of hydrogen-bond donors (Lipinski definition) is 3. The molecule has 1 saturated heterocycles. The topological polar surface area (TPSA) is 100 Å². The van der Waals surface area contributed by atoms with Crippen LogP contribution in [0.15, 0.2) is 30.5 Å². The van der Waals surface area contributed by atoms with Crippen molar-refractivity contribution in [2.24, 2.45) is 0 Å². The first-order valence-electron chi connectivity index (χ1n) is 8.44. The number of carbonyl (C=O) groups excluding carboxylic acids is 3. The quantitative estimate of drug-likeness (QED) is 0.716. The molecule has 1 aliphatic heterocycles. The van der Waals surface area contributed by atoms with Crippen LogP contribution in [0.2, 0.25) is 0 Å². The number of carbonyl (C=O) groups is 3. The number of aromatic nitrogens is 1. The van der Waals surface area contributed by atoms with Gasteiger partial charge < -0.3 is 15.0 Å². The summed E-state index contributed by atoms with van der Waals surface area (Å²) in [6.07, 6.45) is 2.48. The van der Waals surface area contributed by atoms with Gasteiger partial charge in [-0.2, -0.15) is 0 Å². The molecule has 25 heavy (non-hydrogen) atoms. The van der Waals surface area contributed by atoms with Crippen LogP contribution >= 0.6 is 0 Å².